The van der Waals surface area contributed by atoms with E-state index in [1.165, 1.54) is 12.1 Å². The van der Waals surface area contributed by atoms with Gasteiger partial charge in [-0.05, 0) is 67.6 Å². The van der Waals surface area contributed by atoms with Crippen LogP contribution in [0.1, 0.15) is 18.2 Å². The van der Waals surface area contributed by atoms with Gasteiger partial charge in [0.25, 0.3) is 5.69 Å². The van der Waals surface area contributed by atoms with E-state index in [0.29, 0.717) is 35.0 Å². The Morgan fingerprint density at radius 1 is 1.00 bits per heavy atom. The monoisotopic (exact) mass is 403 g/mol. The summed E-state index contributed by atoms with van der Waals surface area (Å²) in [6.45, 7) is 2.49. The molecule has 1 aliphatic heterocycles. The van der Waals surface area contributed by atoms with E-state index in [-0.39, 0.29) is 5.69 Å². The quantitative estimate of drug-likeness (QED) is 0.242. The minimum Gasteiger partial charge on any atom is -0.494 e. The van der Waals surface area contributed by atoms with Gasteiger partial charge in [-0.3, -0.25) is 10.1 Å². The minimum absolute atomic E-state index is 0.00769. The highest BCUT2D eigenvalue weighted by molar-refractivity contribution is 6.04. The second-order valence-electron chi connectivity index (χ2n) is 6.46. The Morgan fingerprint density at radius 2 is 1.70 bits per heavy atom. The van der Waals surface area contributed by atoms with Crippen LogP contribution in [-0.2, 0) is 9.53 Å². The molecule has 1 aliphatic rings. The highest BCUT2D eigenvalue weighted by Crippen LogP contribution is 2.30. The lowest BCUT2D eigenvalue weighted by molar-refractivity contribution is -0.384. The molecule has 7 heteroatoms. The van der Waals surface area contributed by atoms with Crippen LogP contribution in [-0.4, -0.2) is 17.5 Å². The van der Waals surface area contributed by atoms with Crippen molar-refractivity contribution in [3.05, 3.63) is 93.8 Å². The standard InChI is InChI=1S/C23H17NO6/c1-2-28-19-9-5-16(6-10-19)22-14-17(23(25)30-22)13-20-11-12-21(29-20)15-3-7-18(8-4-15)24(26)27/h3-14H,2H2,1H3/b17-13-. The molecule has 150 valence electrons. The Labute approximate surface area is 172 Å². The average Bonchev–Trinajstić information content (AvgIpc) is 3.36. The Hall–Kier alpha value is -4.13. The van der Waals surface area contributed by atoms with Crippen LogP contribution in [0.15, 0.2) is 76.7 Å². The van der Waals surface area contributed by atoms with Gasteiger partial charge >= 0.3 is 5.97 Å². The number of esters is 1. The van der Waals surface area contributed by atoms with Gasteiger partial charge in [-0.1, -0.05) is 0 Å². The van der Waals surface area contributed by atoms with E-state index in [2.05, 4.69) is 0 Å². The van der Waals surface area contributed by atoms with Crippen molar-refractivity contribution in [2.75, 3.05) is 6.61 Å². The minimum atomic E-state index is -0.466. The first-order valence-electron chi connectivity index (χ1n) is 9.27. The number of nitrogens with zero attached hydrogens (tertiary/aromatic N) is 1. The molecule has 0 spiro atoms. The third-order valence-corrected chi connectivity index (χ3v) is 4.46. The maximum atomic E-state index is 12.2. The Morgan fingerprint density at radius 3 is 2.37 bits per heavy atom. The Kier molecular flexibility index (Phi) is 5.17. The van der Waals surface area contributed by atoms with Gasteiger partial charge in [0.15, 0.2) is 0 Å². The molecule has 0 fully saturated rings. The number of rotatable bonds is 6. The number of nitro benzene ring substituents is 1. The van der Waals surface area contributed by atoms with Gasteiger partial charge in [0.1, 0.15) is 23.0 Å². The molecule has 0 aliphatic carbocycles. The highest BCUT2D eigenvalue weighted by Gasteiger charge is 2.22. The largest absolute Gasteiger partial charge is 0.494 e. The molecule has 0 saturated carbocycles. The molecule has 0 saturated heterocycles. The van der Waals surface area contributed by atoms with E-state index in [4.69, 9.17) is 13.9 Å². The zero-order valence-electron chi connectivity index (χ0n) is 16.0. The SMILES string of the molecule is CCOc1ccc(C2=C/C(=C/c3ccc(-c4ccc([N+](=O)[O-])cc4)o3)C(=O)O2)cc1. The number of furan rings is 1. The van der Waals surface area contributed by atoms with Gasteiger partial charge < -0.3 is 13.9 Å². The van der Waals surface area contributed by atoms with Gasteiger partial charge in [0, 0.05) is 23.3 Å². The van der Waals surface area contributed by atoms with Gasteiger partial charge in [-0.25, -0.2) is 4.79 Å². The number of non-ortho nitro benzene ring substituents is 1. The fourth-order valence-electron chi connectivity index (χ4n) is 3.00. The van der Waals surface area contributed by atoms with Crippen molar-refractivity contribution >= 4 is 23.5 Å². The number of ether oxygens (including phenoxy) is 2. The van der Waals surface area contributed by atoms with Gasteiger partial charge in [0.2, 0.25) is 0 Å². The van der Waals surface area contributed by atoms with Gasteiger partial charge in [-0.15, -0.1) is 0 Å². The van der Waals surface area contributed by atoms with Crippen LogP contribution in [0.3, 0.4) is 0 Å². The number of hydrogen-bond acceptors (Lipinski definition) is 6. The topological polar surface area (TPSA) is 91.8 Å². The van der Waals surface area contributed by atoms with Crippen molar-refractivity contribution in [1.82, 2.24) is 0 Å². The normalized spacial score (nSPS) is 14.5. The zero-order chi connectivity index (χ0) is 21.1. The average molecular weight is 403 g/mol. The van der Waals surface area contributed by atoms with E-state index < -0.39 is 10.9 Å². The first-order chi connectivity index (χ1) is 14.5. The summed E-state index contributed by atoms with van der Waals surface area (Å²) in [5.41, 5.74) is 1.84. The highest BCUT2D eigenvalue weighted by atomic mass is 16.6. The molecule has 4 rings (SSSR count). The smallest absolute Gasteiger partial charge is 0.343 e. The van der Waals surface area contributed by atoms with Gasteiger partial charge in [-0.2, -0.15) is 0 Å². The molecule has 0 amide bonds. The first kappa shape index (κ1) is 19.2. The van der Waals surface area contributed by atoms with Crippen LogP contribution < -0.4 is 4.74 Å². The Balaban J connectivity index is 1.54. The molecule has 0 unspecified atom stereocenters. The second-order valence-corrected chi connectivity index (χ2v) is 6.46. The van der Waals surface area contributed by atoms with Crippen molar-refractivity contribution in [3.8, 4) is 17.1 Å². The lowest BCUT2D eigenvalue weighted by atomic mass is 10.1. The fourth-order valence-corrected chi connectivity index (χ4v) is 3.00. The molecule has 2 aromatic carbocycles. The van der Waals surface area contributed by atoms with E-state index in [0.717, 1.165) is 11.3 Å². The maximum absolute atomic E-state index is 12.2. The number of benzene rings is 2. The lowest BCUT2D eigenvalue weighted by Crippen LogP contribution is -1.97. The number of hydrogen-bond donors (Lipinski definition) is 0. The number of nitro groups is 1. The first-order valence-corrected chi connectivity index (χ1v) is 9.27. The van der Waals surface area contributed by atoms with Crippen LogP contribution in [0.25, 0.3) is 23.2 Å². The van der Waals surface area contributed by atoms with Crippen molar-refractivity contribution < 1.29 is 23.6 Å². The molecular weight excluding hydrogens is 386 g/mol. The van der Waals surface area contributed by atoms with Crippen LogP contribution in [0.4, 0.5) is 5.69 Å². The van der Waals surface area contributed by atoms with Crippen molar-refractivity contribution in [1.29, 1.82) is 0 Å². The maximum Gasteiger partial charge on any atom is 0.343 e. The van der Waals surface area contributed by atoms with Crippen molar-refractivity contribution in [2.45, 2.75) is 6.92 Å². The molecular formula is C23H17NO6. The predicted octanol–water partition coefficient (Wildman–Crippen LogP) is 5.23. The third kappa shape index (κ3) is 4.00. The van der Waals surface area contributed by atoms with Crippen LogP contribution >= 0.6 is 0 Å². The van der Waals surface area contributed by atoms with Crippen LogP contribution in [0.2, 0.25) is 0 Å². The van der Waals surface area contributed by atoms with Crippen molar-refractivity contribution in [2.24, 2.45) is 0 Å². The number of carbonyl (C=O) groups is 1. The summed E-state index contributed by atoms with van der Waals surface area (Å²) >= 11 is 0. The number of cyclic esters (lactones) is 1. The predicted molar refractivity (Wildman–Crippen MR) is 110 cm³/mol. The summed E-state index contributed by atoms with van der Waals surface area (Å²) in [7, 11) is 0. The van der Waals surface area contributed by atoms with Crippen molar-refractivity contribution in [3.63, 3.8) is 0 Å². The summed E-state index contributed by atoms with van der Waals surface area (Å²) in [4.78, 5) is 22.6. The Bertz CT molecular complexity index is 1150. The fraction of sp³-hybridized carbons (Fsp3) is 0.0870. The molecule has 3 aromatic rings. The molecule has 1 aromatic heterocycles. The molecule has 30 heavy (non-hydrogen) atoms. The summed E-state index contributed by atoms with van der Waals surface area (Å²) in [6, 6.07) is 16.8. The molecule has 7 nitrogen and oxygen atoms in total. The second kappa shape index (κ2) is 8.08. The lowest BCUT2D eigenvalue weighted by Gasteiger charge is -2.05. The zero-order valence-corrected chi connectivity index (χ0v) is 16.0. The molecule has 0 atom stereocenters. The van der Waals surface area contributed by atoms with E-state index in [1.807, 2.05) is 31.2 Å². The molecule has 0 bridgehead atoms. The van der Waals surface area contributed by atoms with E-state index in [1.54, 1.807) is 36.4 Å². The van der Waals surface area contributed by atoms with E-state index in [9.17, 15) is 14.9 Å². The van der Waals surface area contributed by atoms with Crippen LogP contribution in [0, 0.1) is 10.1 Å². The molecule has 2 heterocycles. The molecule has 0 radical (unpaired) electrons. The summed E-state index contributed by atoms with van der Waals surface area (Å²) in [5.74, 6) is 1.75. The molecule has 0 N–H and O–H groups in total. The summed E-state index contributed by atoms with van der Waals surface area (Å²) in [6.07, 6.45) is 3.25. The summed E-state index contributed by atoms with van der Waals surface area (Å²) in [5, 5.41) is 10.8. The van der Waals surface area contributed by atoms with Gasteiger partial charge in [0.05, 0.1) is 17.1 Å². The third-order valence-electron chi connectivity index (χ3n) is 4.46. The summed E-state index contributed by atoms with van der Waals surface area (Å²) < 4.78 is 16.5. The van der Waals surface area contributed by atoms with Crippen LogP contribution in [0.5, 0.6) is 5.75 Å². The number of carbonyl (C=O) groups excluding carboxylic acids is 1. The van der Waals surface area contributed by atoms with E-state index >= 15 is 0 Å².